The molecule has 0 saturated heterocycles. The number of ether oxygens (including phenoxy) is 5. The van der Waals surface area contributed by atoms with Crippen molar-refractivity contribution in [2.45, 2.75) is 51.9 Å². The average molecular weight is 506 g/mol. The van der Waals surface area contributed by atoms with Crippen LogP contribution in [0.25, 0.3) is 0 Å². The van der Waals surface area contributed by atoms with Gasteiger partial charge in [0.1, 0.15) is 12.4 Å². The van der Waals surface area contributed by atoms with Gasteiger partial charge in [0, 0.05) is 12.2 Å². The Morgan fingerprint density at radius 2 is 1.11 bits per heavy atom. The summed E-state index contributed by atoms with van der Waals surface area (Å²) < 4.78 is 27.5. The van der Waals surface area contributed by atoms with Crippen molar-refractivity contribution in [3.05, 3.63) is 42.0 Å². The molecule has 1 aliphatic rings. The van der Waals surface area contributed by atoms with Crippen molar-refractivity contribution in [2.24, 2.45) is 0 Å². The molecule has 0 N–H and O–H groups in total. The number of unbranched alkanes of at least 4 members (excludes halogenated alkanes) is 5. The molecular formula is C28H43NO7. The van der Waals surface area contributed by atoms with Gasteiger partial charge in [0.05, 0.1) is 59.4 Å². The molecule has 36 heavy (non-hydrogen) atoms. The normalized spacial score (nSPS) is 13.2. The Bertz CT molecular complexity index is 733. The minimum absolute atomic E-state index is 0.254. The van der Waals surface area contributed by atoms with E-state index < -0.39 is 0 Å². The first-order valence-corrected chi connectivity index (χ1v) is 13.3. The summed E-state index contributed by atoms with van der Waals surface area (Å²) in [6.45, 7) is 6.60. The molecule has 0 atom stereocenters. The van der Waals surface area contributed by atoms with Gasteiger partial charge >= 0.3 is 0 Å². The minimum atomic E-state index is -0.294. The van der Waals surface area contributed by atoms with Crippen molar-refractivity contribution < 1.29 is 33.3 Å². The lowest BCUT2D eigenvalue weighted by molar-refractivity contribution is -0.137. The van der Waals surface area contributed by atoms with Crippen molar-refractivity contribution in [2.75, 3.05) is 66.0 Å². The summed E-state index contributed by atoms with van der Waals surface area (Å²) >= 11 is 0. The van der Waals surface area contributed by atoms with Crippen LogP contribution in [-0.2, 0) is 35.0 Å². The van der Waals surface area contributed by atoms with Gasteiger partial charge < -0.3 is 23.7 Å². The van der Waals surface area contributed by atoms with Crippen LogP contribution >= 0.6 is 0 Å². The predicted molar refractivity (Wildman–Crippen MR) is 138 cm³/mol. The lowest BCUT2D eigenvalue weighted by Gasteiger charge is -2.13. The molecule has 1 aromatic carbocycles. The fourth-order valence-electron chi connectivity index (χ4n) is 3.65. The van der Waals surface area contributed by atoms with E-state index in [9.17, 15) is 9.59 Å². The molecule has 0 fully saturated rings. The molecule has 2 rings (SSSR count). The third-order valence-electron chi connectivity index (χ3n) is 5.71. The van der Waals surface area contributed by atoms with Crippen LogP contribution in [0.2, 0.25) is 0 Å². The Morgan fingerprint density at radius 3 is 1.69 bits per heavy atom. The van der Waals surface area contributed by atoms with Gasteiger partial charge in [-0.2, -0.15) is 0 Å². The lowest BCUT2D eigenvalue weighted by atomic mass is 10.0. The minimum Gasteiger partial charge on any atom is -0.491 e. The third-order valence-corrected chi connectivity index (χ3v) is 5.71. The molecule has 0 spiro atoms. The highest BCUT2D eigenvalue weighted by Crippen LogP contribution is 2.15. The van der Waals surface area contributed by atoms with E-state index in [0.29, 0.717) is 59.5 Å². The second-order valence-corrected chi connectivity index (χ2v) is 8.62. The molecule has 1 aromatic rings. The molecule has 0 bridgehead atoms. The quantitative estimate of drug-likeness (QED) is 0.164. The van der Waals surface area contributed by atoms with E-state index in [1.165, 1.54) is 56.2 Å². The topological polar surface area (TPSA) is 83.5 Å². The largest absolute Gasteiger partial charge is 0.491 e. The Labute approximate surface area is 215 Å². The number of carbonyl (C=O) groups excluding carboxylic acids is 2. The summed E-state index contributed by atoms with van der Waals surface area (Å²) in [5.74, 6) is 0.284. The number of amides is 2. The number of hydrogen-bond donors (Lipinski definition) is 0. The van der Waals surface area contributed by atoms with Crippen LogP contribution in [0.3, 0.4) is 0 Å². The first-order valence-electron chi connectivity index (χ1n) is 13.3. The SMILES string of the molecule is CCCCCCCCc1ccc(OCCOCCOCCOCCOCCN2C(=O)C=CC2=O)cc1. The van der Waals surface area contributed by atoms with E-state index in [0.717, 1.165) is 17.1 Å². The highest BCUT2D eigenvalue weighted by atomic mass is 16.6. The molecule has 0 aromatic heterocycles. The zero-order valence-corrected chi connectivity index (χ0v) is 21.8. The van der Waals surface area contributed by atoms with Crippen molar-refractivity contribution in [3.63, 3.8) is 0 Å². The number of hydrogen-bond acceptors (Lipinski definition) is 7. The van der Waals surface area contributed by atoms with E-state index in [2.05, 4.69) is 19.1 Å². The van der Waals surface area contributed by atoms with Gasteiger partial charge in [-0.3, -0.25) is 14.5 Å². The van der Waals surface area contributed by atoms with Gasteiger partial charge in [0.15, 0.2) is 0 Å². The molecule has 0 saturated carbocycles. The maximum Gasteiger partial charge on any atom is 0.253 e. The first kappa shape index (κ1) is 30.0. The smallest absolute Gasteiger partial charge is 0.253 e. The number of nitrogens with zero attached hydrogens (tertiary/aromatic N) is 1. The number of aryl methyl sites for hydroxylation is 1. The number of imide groups is 1. The average Bonchev–Trinajstić information content (AvgIpc) is 3.21. The van der Waals surface area contributed by atoms with Crippen molar-refractivity contribution in [3.8, 4) is 5.75 Å². The van der Waals surface area contributed by atoms with E-state index in [4.69, 9.17) is 23.7 Å². The molecule has 0 radical (unpaired) electrons. The molecule has 1 aliphatic heterocycles. The summed E-state index contributed by atoms with van der Waals surface area (Å²) in [5.41, 5.74) is 1.37. The monoisotopic (exact) mass is 505 g/mol. The van der Waals surface area contributed by atoms with Crippen LogP contribution in [0.15, 0.2) is 36.4 Å². The van der Waals surface area contributed by atoms with Gasteiger partial charge in [-0.1, -0.05) is 51.2 Å². The molecule has 1 heterocycles. The van der Waals surface area contributed by atoms with Crippen LogP contribution in [0.1, 0.15) is 51.0 Å². The van der Waals surface area contributed by atoms with Crippen molar-refractivity contribution in [1.82, 2.24) is 4.90 Å². The van der Waals surface area contributed by atoms with Gasteiger partial charge in [-0.05, 0) is 30.5 Å². The Hall–Kier alpha value is -2.26. The summed E-state index contributed by atoms with van der Waals surface area (Å²) in [6, 6.07) is 8.38. The molecule has 202 valence electrons. The van der Waals surface area contributed by atoms with Crippen LogP contribution in [-0.4, -0.2) is 82.7 Å². The van der Waals surface area contributed by atoms with Crippen molar-refractivity contribution >= 4 is 11.8 Å². The Balaban J connectivity index is 1.31. The number of rotatable bonds is 23. The summed E-state index contributed by atoms with van der Waals surface area (Å²) in [4.78, 5) is 23.9. The van der Waals surface area contributed by atoms with Crippen LogP contribution in [0, 0.1) is 0 Å². The highest BCUT2D eigenvalue weighted by molar-refractivity contribution is 6.12. The van der Waals surface area contributed by atoms with Gasteiger partial charge in [0.2, 0.25) is 0 Å². The maximum atomic E-state index is 11.4. The fraction of sp³-hybridized carbons (Fsp3) is 0.643. The molecule has 0 aliphatic carbocycles. The Morgan fingerprint density at radius 1 is 0.611 bits per heavy atom. The third kappa shape index (κ3) is 13.7. The summed E-state index contributed by atoms with van der Waals surface area (Å²) in [5, 5.41) is 0. The molecule has 2 amide bonds. The number of benzene rings is 1. The predicted octanol–water partition coefficient (Wildman–Crippen LogP) is 3.96. The Kier molecular flexibility index (Phi) is 16.5. The van der Waals surface area contributed by atoms with Gasteiger partial charge in [-0.15, -0.1) is 0 Å². The van der Waals surface area contributed by atoms with Crippen molar-refractivity contribution in [1.29, 1.82) is 0 Å². The fourth-order valence-corrected chi connectivity index (χ4v) is 3.65. The second-order valence-electron chi connectivity index (χ2n) is 8.62. The van der Waals surface area contributed by atoms with Gasteiger partial charge in [0.25, 0.3) is 11.8 Å². The number of carbonyl (C=O) groups is 2. The van der Waals surface area contributed by atoms with E-state index >= 15 is 0 Å². The standard InChI is InChI=1S/C28H43NO7/c1-2-3-4-5-6-7-8-25-9-11-26(12-10-25)36-24-23-35-22-21-34-20-19-33-18-17-32-16-15-29-27(30)13-14-28(29)31/h9-14H,2-8,15-24H2,1H3. The zero-order chi connectivity index (χ0) is 25.7. The van der Waals surface area contributed by atoms with E-state index in [1.807, 2.05) is 12.1 Å². The van der Waals surface area contributed by atoms with Crippen LogP contribution in [0.5, 0.6) is 5.75 Å². The van der Waals surface area contributed by atoms with Crippen LogP contribution < -0.4 is 4.74 Å². The van der Waals surface area contributed by atoms with Gasteiger partial charge in [-0.25, -0.2) is 0 Å². The highest BCUT2D eigenvalue weighted by Gasteiger charge is 2.22. The van der Waals surface area contributed by atoms with E-state index in [-0.39, 0.29) is 18.4 Å². The molecule has 0 unspecified atom stereocenters. The lowest BCUT2D eigenvalue weighted by Crippen LogP contribution is -2.33. The summed E-state index contributed by atoms with van der Waals surface area (Å²) in [6.07, 6.45) is 11.6. The molecule has 8 heteroatoms. The maximum absolute atomic E-state index is 11.4. The summed E-state index contributed by atoms with van der Waals surface area (Å²) in [7, 11) is 0. The second kappa shape index (κ2) is 19.9. The first-order chi connectivity index (χ1) is 17.7. The molecular weight excluding hydrogens is 462 g/mol. The molecule has 8 nitrogen and oxygen atoms in total. The van der Waals surface area contributed by atoms with Crippen LogP contribution in [0.4, 0.5) is 0 Å². The zero-order valence-electron chi connectivity index (χ0n) is 21.8. The van der Waals surface area contributed by atoms with E-state index in [1.54, 1.807) is 0 Å².